The minimum atomic E-state index is -0.245. The maximum Gasteiger partial charge on any atom is 0.123 e. The molecule has 0 spiro atoms. The lowest BCUT2D eigenvalue weighted by atomic mass is 10.0. The van der Waals surface area contributed by atoms with Crippen molar-refractivity contribution in [2.45, 2.75) is 0 Å². The molecule has 0 nitrogen and oxygen atoms in total. The lowest BCUT2D eigenvalue weighted by Gasteiger charge is -2.01. The van der Waals surface area contributed by atoms with Gasteiger partial charge in [0.15, 0.2) is 0 Å². The highest BCUT2D eigenvalue weighted by Gasteiger charge is 1.99. The van der Waals surface area contributed by atoms with Crippen LogP contribution in [0.3, 0.4) is 0 Å². The van der Waals surface area contributed by atoms with Gasteiger partial charge in [-0.2, -0.15) is 0 Å². The van der Waals surface area contributed by atoms with Crippen molar-refractivity contribution < 1.29 is 8.78 Å². The van der Waals surface area contributed by atoms with E-state index in [1.165, 1.54) is 24.3 Å². The second kappa shape index (κ2) is 8.91. The molecule has 4 aromatic carbocycles. The molecule has 0 aromatic heterocycles. The summed E-state index contributed by atoms with van der Waals surface area (Å²) in [6, 6.07) is 28.3. The summed E-state index contributed by atoms with van der Waals surface area (Å²) < 4.78 is 26.1. The highest BCUT2D eigenvalue weighted by molar-refractivity contribution is 5.65. The number of benzene rings is 4. The summed E-state index contributed by atoms with van der Waals surface area (Å²) in [5.41, 5.74) is 5.66. The van der Waals surface area contributed by atoms with Crippen LogP contribution in [0.1, 0.15) is 11.1 Å². The van der Waals surface area contributed by atoms with Crippen LogP contribution in [0.2, 0.25) is 0 Å². The van der Waals surface area contributed by atoms with E-state index in [-0.39, 0.29) is 11.6 Å². The average molecular weight is 390 g/mol. The van der Waals surface area contributed by atoms with E-state index in [4.69, 9.17) is 0 Å². The Bertz CT molecular complexity index is 1150. The van der Waals surface area contributed by atoms with Crippen LogP contribution in [0.15, 0.2) is 97.1 Å². The van der Waals surface area contributed by atoms with Gasteiger partial charge >= 0.3 is 0 Å². The van der Waals surface area contributed by atoms with Crippen molar-refractivity contribution in [1.29, 1.82) is 0 Å². The fourth-order valence-corrected chi connectivity index (χ4v) is 2.98. The van der Waals surface area contributed by atoms with Crippen LogP contribution in [0.25, 0.3) is 22.3 Å². The van der Waals surface area contributed by atoms with Crippen molar-refractivity contribution in [3.8, 4) is 45.9 Å². The molecule has 0 fully saturated rings. The van der Waals surface area contributed by atoms with Gasteiger partial charge in [0, 0.05) is 11.1 Å². The second-order valence-corrected chi connectivity index (χ2v) is 6.67. The predicted molar refractivity (Wildman–Crippen MR) is 117 cm³/mol. The van der Waals surface area contributed by atoms with Crippen LogP contribution in [-0.4, -0.2) is 0 Å². The Labute approximate surface area is 174 Å². The Morgan fingerprint density at radius 2 is 0.633 bits per heavy atom. The molecule has 0 aliphatic rings. The zero-order valence-corrected chi connectivity index (χ0v) is 16.0. The number of halogens is 2. The van der Waals surface area contributed by atoms with Crippen LogP contribution in [-0.2, 0) is 0 Å². The molecule has 4 rings (SSSR count). The minimum absolute atomic E-state index is 0.245. The first kappa shape index (κ1) is 19.2. The van der Waals surface area contributed by atoms with E-state index < -0.39 is 0 Å². The molecular formula is C28H16F2. The Morgan fingerprint density at radius 1 is 0.367 bits per heavy atom. The quantitative estimate of drug-likeness (QED) is 0.334. The zero-order valence-electron chi connectivity index (χ0n) is 16.0. The largest absolute Gasteiger partial charge is 0.207 e. The minimum Gasteiger partial charge on any atom is -0.207 e. The monoisotopic (exact) mass is 390 g/mol. The molecule has 0 saturated heterocycles. The van der Waals surface area contributed by atoms with Crippen molar-refractivity contribution in [2.24, 2.45) is 0 Å². The molecule has 0 N–H and O–H groups in total. The van der Waals surface area contributed by atoms with E-state index in [2.05, 4.69) is 23.7 Å². The Hall–Kier alpha value is -4.14. The Kier molecular flexibility index (Phi) is 5.70. The summed E-state index contributed by atoms with van der Waals surface area (Å²) in [4.78, 5) is 0. The van der Waals surface area contributed by atoms with E-state index in [0.717, 1.165) is 33.4 Å². The molecular weight excluding hydrogens is 374 g/mol. The molecule has 0 atom stereocenters. The summed E-state index contributed by atoms with van der Waals surface area (Å²) in [5, 5.41) is 0. The van der Waals surface area contributed by atoms with Crippen LogP contribution < -0.4 is 0 Å². The van der Waals surface area contributed by atoms with Crippen LogP contribution in [0.4, 0.5) is 8.78 Å². The van der Waals surface area contributed by atoms with Gasteiger partial charge in [-0.3, -0.25) is 0 Å². The van der Waals surface area contributed by atoms with E-state index in [0.29, 0.717) is 0 Å². The maximum absolute atomic E-state index is 13.0. The molecule has 0 heterocycles. The highest BCUT2D eigenvalue weighted by atomic mass is 19.1. The first-order valence-electron chi connectivity index (χ1n) is 9.41. The number of hydrogen-bond acceptors (Lipinski definition) is 0. The summed E-state index contributed by atoms with van der Waals surface area (Å²) in [7, 11) is 0. The first-order valence-corrected chi connectivity index (χ1v) is 9.41. The van der Waals surface area contributed by atoms with Crippen molar-refractivity contribution in [3.05, 3.63) is 120 Å². The molecule has 0 aliphatic carbocycles. The van der Waals surface area contributed by atoms with Crippen molar-refractivity contribution in [1.82, 2.24) is 0 Å². The van der Waals surface area contributed by atoms with Crippen LogP contribution in [0, 0.1) is 35.3 Å². The van der Waals surface area contributed by atoms with E-state index >= 15 is 0 Å². The van der Waals surface area contributed by atoms with Gasteiger partial charge in [-0.05, 0) is 82.6 Å². The zero-order chi connectivity index (χ0) is 20.8. The molecule has 0 bridgehead atoms. The summed E-state index contributed by atoms with van der Waals surface area (Å²) in [6.07, 6.45) is 0. The summed E-state index contributed by atoms with van der Waals surface area (Å²) in [6.45, 7) is 0. The van der Waals surface area contributed by atoms with Gasteiger partial charge in [0.05, 0.1) is 0 Å². The second-order valence-electron chi connectivity index (χ2n) is 6.67. The summed E-state index contributed by atoms with van der Waals surface area (Å²) >= 11 is 0. The predicted octanol–water partition coefficient (Wildman–Crippen LogP) is 6.70. The lowest BCUT2D eigenvalue weighted by molar-refractivity contribution is 0.627. The van der Waals surface area contributed by atoms with Gasteiger partial charge in [-0.25, -0.2) is 8.78 Å². The molecule has 0 saturated carbocycles. The third kappa shape index (κ3) is 4.82. The van der Waals surface area contributed by atoms with Gasteiger partial charge in [0.25, 0.3) is 0 Å². The molecule has 30 heavy (non-hydrogen) atoms. The molecule has 142 valence electrons. The van der Waals surface area contributed by atoms with Gasteiger partial charge in [-0.15, -0.1) is 0 Å². The third-order valence-electron chi connectivity index (χ3n) is 4.60. The highest BCUT2D eigenvalue weighted by Crippen LogP contribution is 2.21. The topological polar surface area (TPSA) is 0 Å². The summed E-state index contributed by atoms with van der Waals surface area (Å²) in [5.74, 6) is 11.3. The Balaban J connectivity index is 1.42. The molecule has 0 unspecified atom stereocenters. The van der Waals surface area contributed by atoms with E-state index in [1.807, 2.05) is 48.5 Å². The standard InChI is InChI=1S/C28H16F2/c29-27-17-13-25(14-18-27)23-9-5-21(6-10-23)3-1-2-4-22-7-11-24(12-8-22)26-15-19-28(30)20-16-26/h5-20H. The number of rotatable bonds is 2. The van der Waals surface area contributed by atoms with E-state index in [1.54, 1.807) is 24.3 Å². The van der Waals surface area contributed by atoms with Gasteiger partial charge in [-0.1, -0.05) is 60.4 Å². The first-order chi connectivity index (χ1) is 14.7. The maximum atomic E-state index is 13.0. The van der Waals surface area contributed by atoms with Crippen LogP contribution in [0.5, 0.6) is 0 Å². The normalized spacial score (nSPS) is 9.80. The fraction of sp³-hybridized carbons (Fsp3) is 0. The number of hydrogen-bond donors (Lipinski definition) is 0. The van der Waals surface area contributed by atoms with Crippen LogP contribution >= 0.6 is 0 Å². The molecule has 0 amide bonds. The van der Waals surface area contributed by atoms with Gasteiger partial charge < -0.3 is 0 Å². The van der Waals surface area contributed by atoms with Gasteiger partial charge in [0.2, 0.25) is 0 Å². The van der Waals surface area contributed by atoms with Gasteiger partial charge in [0.1, 0.15) is 11.6 Å². The van der Waals surface area contributed by atoms with Crippen molar-refractivity contribution in [2.75, 3.05) is 0 Å². The molecule has 0 aliphatic heterocycles. The Morgan fingerprint density at radius 3 is 0.933 bits per heavy atom. The smallest absolute Gasteiger partial charge is 0.123 e. The SMILES string of the molecule is Fc1ccc(-c2ccc(C#CC#Cc3ccc(-c4ccc(F)cc4)cc3)cc2)cc1. The van der Waals surface area contributed by atoms with Crippen molar-refractivity contribution >= 4 is 0 Å². The fourth-order valence-electron chi connectivity index (χ4n) is 2.98. The van der Waals surface area contributed by atoms with Crippen molar-refractivity contribution in [3.63, 3.8) is 0 Å². The molecule has 4 aromatic rings. The third-order valence-corrected chi connectivity index (χ3v) is 4.60. The average Bonchev–Trinajstić information content (AvgIpc) is 2.79. The van der Waals surface area contributed by atoms with E-state index in [9.17, 15) is 8.78 Å². The molecule has 0 radical (unpaired) electrons. The lowest BCUT2D eigenvalue weighted by Crippen LogP contribution is -1.80. The molecule has 2 heteroatoms.